The monoisotopic (exact) mass is 503 g/mol. The van der Waals surface area contributed by atoms with Crippen molar-refractivity contribution in [2.24, 2.45) is 0 Å². The first-order valence-electron chi connectivity index (χ1n) is 9.09. The molecule has 0 aliphatic heterocycles. The van der Waals surface area contributed by atoms with Gasteiger partial charge < -0.3 is 4.74 Å². The molecule has 2 aromatic heterocycles. The Kier molecular flexibility index (Phi) is 6.73. The van der Waals surface area contributed by atoms with E-state index in [9.17, 15) is 41.2 Å². The first kappa shape index (κ1) is 24.8. The van der Waals surface area contributed by atoms with Crippen LogP contribution in [0.1, 0.15) is 34.1 Å². The quantitative estimate of drug-likeness (QED) is 0.410. The molecule has 2 heterocycles. The number of carbonyl (C=O) groups is 1. The van der Waals surface area contributed by atoms with Crippen molar-refractivity contribution < 1.29 is 35.9 Å². The third kappa shape index (κ3) is 5.06. The van der Waals surface area contributed by atoms with Crippen LogP contribution in [0.2, 0.25) is 0 Å². The van der Waals surface area contributed by atoms with E-state index in [2.05, 4.69) is 14.8 Å². The average Bonchev–Trinajstić information content (AvgIpc) is 3.12. The maximum Gasteiger partial charge on any atom is 0.434 e. The van der Waals surface area contributed by atoms with E-state index in [1.807, 2.05) is 5.10 Å². The fourth-order valence-corrected chi connectivity index (χ4v) is 3.62. The summed E-state index contributed by atoms with van der Waals surface area (Å²) in [5, 5.41) is 14.0. The van der Waals surface area contributed by atoms with E-state index in [4.69, 9.17) is 0 Å². The van der Waals surface area contributed by atoms with Crippen molar-refractivity contribution in [2.45, 2.75) is 29.5 Å². The maximum absolute atomic E-state index is 13.6. The predicted molar refractivity (Wildman–Crippen MR) is 103 cm³/mol. The molecule has 178 valence electrons. The second kappa shape index (κ2) is 9.21. The van der Waals surface area contributed by atoms with Crippen molar-refractivity contribution in [3.63, 3.8) is 0 Å². The van der Waals surface area contributed by atoms with Gasteiger partial charge in [-0.3, -0.25) is 0 Å². The van der Waals surface area contributed by atoms with Crippen LogP contribution in [0.15, 0.2) is 45.3 Å². The number of aromatic nitrogens is 4. The first-order chi connectivity index (χ1) is 15.9. The van der Waals surface area contributed by atoms with Crippen LogP contribution in [0.3, 0.4) is 0 Å². The number of nitrogens with zero attached hydrogens (tertiary/aromatic N) is 4. The number of carbonyl (C=O) groups excluding carboxylic acids is 1. The predicted octanol–water partition coefficient (Wildman–Crippen LogP) is 4.19. The number of benzene rings is 1. The molecule has 3 aromatic rings. The normalized spacial score (nSPS) is 11.8. The van der Waals surface area contributed by atoms with Gasteiger partial charge in [-0.2, -0.15) is 31.6 Å². The fraction of sp³-hybridized carbons (Fsp3) is 0.211. The SMILES string of the molecule is CCOC(=O)c1cc(C#N)c(Sc2n[nH]c(=O)n2-c2cccc(C(F)(F)F)c2)nc1C(F)(F)F. The number of aromatic amines is 1. The summed E-state index contributed by atoms with van der Waals surface area (Å²) in [6.07, 6.45) is -9.84. The number of halogens is 6. The number of H-pyrrole nitrogens is 1. The Hall–Kier alpha value is -3.80. The average molecular weight is 503 g/mol. The second-order valence-corrected chi connectivity index (χ2v) is 7.32. The lowest BCUT2D eigenvalue weighted by Gasteiger charge is -2.14. The smallest absolute Gasteiger partial charge is 0.434 e. The van der Waals surface area contributed by atoms with Gasteiger partial charge in [0.05, 0.1) is 29.0 Å². The standard InChI is InChI=1S/C19H11F6N5O3S/c1-2-33-15(31)12-6-9(8-26)14(27-13(12)19(23,24)25)34-17-29-28-16(32)30(17)11-5-3-4-10(7-11)18(20,21)22/h3-7H,2H2,1H3,(H,28,32). The van der Waals surface area contributed by atoms with Gasteiger partial charge in [0, 0.05) is 0 Å². The molecule has 0 saturated heterocycles. The molecule has 0 amide bonds. The number of pyridine rings is 1. The van der Waals surface area contributed by atoms with Crippen molar-refractivity contribution in [3.8, 4) is 11.8 Å². The topological polar surface area (TPSA) is 114 Å². The lowest BCUT2D eigenvalue weighted by atomic mass is 10.1. The highest BCUT2D eigenvalue weighted by Crippen LogP contribution is 2.36. The highest BCUT2D eigenvalue weighted by atomic mass is 32.2. The fourth-order valence-electron chi connectivity index (χ4n) is 2.72. The minimum atomic E-state index is -5.11. The zero-order valence-corrected chi connectivity index (χ0v) is 17.6. The van der Waals surface area contributed by atoms with Gasteiger partial charge in [0.25, 0.3) is 0 Å². The number of nitriles is 1. The van der Waals surface area contributed by atoms with E-state index in [-0.39, 0.29) is 12.3 Å². The molecule has 0 spiro atoms. The van der Waals surface area contributed by atoms with Gasteiger partial charge in [0.1, 0.15) is 11.1 Å². The Bertz CT molecular complexity index is 1340. The van der Waals surface area contributed by atoms with Crippen molar-refractivity contribution in [3.05, 3.63) is 63.2 Å². The molecule has 0 radical (unpaired) electrons. The Morgan fingerprint density at radius 2 is 1.91 bits per heavy atom. The summed E-state index contributed by atoms with van der Waals surface area (Å²) >= 11 is 0.312. The molecule has 0 unspecified atom stereocenters. The van der Waals surface area contributed by atoms with Gasteiger partial charge in [-0.1, -0.05) is 6.07 Å². The van der Waals surface area contributed by atoms with Crippen LogP contribution < -0.4 is 5.69 Å². The summed E-state index contributed by atoms with van der Waals surface area (Å²) < 4.78 is 85.1. The summed E-state index contributed by atoms with van der Waals surface area (Å²) in [5.41, 5.74) is -5.47. The van der Waals surface area contributed by atoms with Crippen LogP contribution in [-0.4, -0.2) is 32.3 Å². The lowest BCUT2D eigenvalue weighted by molar-refractivity contribution is -0.142. The van der Waals surface area contributed by atoms with Gasteiger partial charge in [0.15, 0.2) is 5.69 Å². The highest BCUT2D eigenvalue weighted by Gasteiger charge is 2.39. The zero-order valence-electron chi connectivity index (χ0n) is 16.8. The van der Waals surface area contributed by atoms with Crippen LogP contribution in [-0.2, 0) is 17.1 Å². The molecule has 34 heavy (non-hydrogen) atoms. The van der Waals surface area contributed by atoms with Crippen molar-refractivity contribution in [1.29, 1.82) is 5.26 Å². The molecule has 1 N–H and O–H groups in total. The minimum absolute atomic E-state index is 0.231. The van der Waals surface area contributed by atoms with E-state index in [1.165, 1.54) is 6.92 Å². The minimum Gasteiger partial charge on any atom is -0.462 e. The number of nitrogens with one attached hydrogen (secondary N) is 1. The lowest BCUT2D eigenvalue weighted by Crippen LogP contribution is -2.19. The van der Waals surface area contributed by atoms with E-state index in [0.29, 0.717) is 28.5 Å². The Morgan fingerprint density at radius 3 is 2.50 bits per heavy atom. The van der Waals surface area contributed by atoms with E-state index < -0.39 is 56.6 Å². The number of hydrogen-bond acceptors (Lipinski definition) is 7. The number of hydrogen-bond donors (Lipinski definition) is 1. The molecule has 0 atom stereocenters. The van der Waals surface area contributed by atoms with Crippen LogP contribution in [0.5, 0.6) is 0 Å². The molecule has 8 nitrogen and oxygen atoms in total. The van der Waals surface area contributed by atoms with Crippen molar-refractivity contribution in [2.75, 3.05) is 6.61 Å². The summed E-state index contributed by atoms with van der Waals surface area (Å²) in [4.78, 5) is 27.6. The third-order valence-corrected chi connectivity index (χ3v) is 5.09. The summed E-state index contributed by atoms with van der Waals surface area (Å²) in [6, 6.07) is 5.82. The number of rotatable bonds is 5. The summed E-state index contributed by atoms with van der Waals surface area (Å²) in [7, 11) is 0. The molecule has 0 aliphatic rings. The van der Waals surface area contributed by atoms with E-state index >= 15 is 0 Å². The summed E-state index contributed by atoms with van der Waals surface area (Å²) in [6.45, 7) is 1.14. The summed E-state index contributed by atoms with van der Waals surface area (Å²) in [5.74, 6) is -1.35. The first-order valence-corrected chi connectivity index (χ1v) is 9.90. The molecule has 0 fully saturated rings. The number of esters is 1. The number of alkyl halides is 6. The Labute approximate surface area is 190 Å². The largest absolute Gasteiger partial charge is 0.462 e. The van der Waals surface area contributed by atoms with E-state index in [0.717, 1.165) is 18.2 Å². The molecule has 0 aliphatic carbocycles. The zero-order chi connectivity index (χ0) is 25.3. The van der Waals surface area contributed by atoms with Gasteiger partial charge in [-0.15, -0.1) is 5.10 Å². The second-order valence-electron chi connectivity index (χ2n) is 6.36. The molecule has 0 saturated carbocycles. The van der Waals surface area contributed by atoms with Gasteiger partial charge in [-0.25, -0.2) is 24.2 Å². The van der Waals surface area contributed by atoms with E-state index in [1.54, 1.807) is 6.07 Å². The molecule has 15 heteroatoms. The maximum atomic E-state index is 13.6. The number of ether oxygens (including phenoxy) is 1. The van der Waals surface area contributed by atoms with Crippen molar-refractivity contribution >= 4 is 17.7 Å². The molecule has 1 aromatic carbocycles. The molecular formula is C19H11F6N5O3S. The molecule has 0 bridgehead atoms. The van der Waals surface area contributed by atoms with Crippen LogP contribution in [0, 0.1) is 11.3 Å². The molecule has 3 rings (SSSR count). The van der Waals surface area contributed by atoms with Crippen LogP contribution in [0.25, 0.3) is 5.69 Å². The van der Waals surface area contributed by atoms with Crippen LogP contribution >= 0.6 is 11.8 Å². The Balaban J connectivity index is 2.14. The van der Waals surface area contributed by atoms with Crippen molar-refractivity contribution in [1.82, 2.24) is 19.7 Å². The molecular weight excluding hydrogens is 492 g/mol. The van der Waals surface area contributed by atoms with Gasteiger partial charge >= 0.3 is 24.0 Å². The van der Waals surface area contributed by atoms with Gasteiger partial charge in [0.2, 0.25) is 5.16 Å². The van der Waals surface area contributed by atoms with Crippen LogP contribution in [0.4, 0.5) is 26.3 Å². The van der Waals surface area contributed by atoms with Gasteiger partial charge in [-0.05, 0) is 43.0 Å². The highest BCUT2D eigenvalue weighted by molar-refractivity contribution is 7.99. The Morgan fingerprint density at radius 1 is 1.21 bits per heavy atom. The third-order valence-electron chi connectivity index (χ3n) is 4.13.